The molecule has 1 aliphatic rings. The quantitative estimate of drug-likeness (QED) is 0.679. The Bertz CT molecular complexity index is 979. The zero-order valence-corrected chi connectivity index (χ0v) is 16.5. The summed E-state index contributed by atoms with van der Waals surface area (Å²) >= 11 is 1.43. The van der Waals surface area contributed by atoms with Crippen molar-refractivity contribution in [1.29, 1.82) is 0 Å². The lowest BCUT2D eigenvalue weighted by Crippen LogP contribution is -2.37. The van der Waals surface area contributed by atoms with Crippen LogP contribution in [0.3, 0.4) is 0 Å². The van der Waals surface area contributed by atoms with Crippen LogP contribution in [0.1, 0.15) is 37.7 Å². The van der Waals surface area contributed by atoms with E-state index in [4.69, 9.17) is 4.74 Å². The maximum absolute atomic E-state index is 12.4. The van der Waals surface area contributed by atoms with Gasteiger partial charge in [-0.15, -0.1) is 10.2 Å². The van der Waals surface area contributed by atoms with Gasteiger partial charge in [-0.05, 0) is 49.6 Å². The predicted molar refractivity (Wildman–Crippen MR) is 108 cm³/mol. The Morgan fingerprint density at radius 3 is 2.85 bits per heavy atom. The number of rotatable bonds is 5. The zero-order chi connectivity index (χ0) is 18.8. The smallest absolute Gasteiger partial charge is 0.230 e. The molecular weight excluding hydrogens is 360 g/mol. The number of ether oxygens (including phenoxy) is 1. The Labute approximate surface area is 162 Å². The molecule has 1 saturated carbocycles. The van der Waals surface area contributed by atoms with Gasteiger partial charge in [0.25, 0.3) is 0 Å². The van der Waals surface area contributed by atoms with Crippen molar-refractivity contribution in [3.63, 3.8) is 0 Å². The molecule has 1 fully saturated rings. The van der Waals surface area contributed by atoms with Crippen molar-refractivity contribution in [3.8, 4) is 5.75 Å². The van der Waals surface area contributed by atoms with Gasteiger partial charge in [-0.3, -0.25) is 9.20 Å². The van der Waals surface area contributed by atoms with Crippen LogP contribution in [0.5, 0.6) is 5.75 Å². The summed E-state index contributed by atoms with van der Waals surface area (Å²) in [4.78, 5) is 12.4. The number of aromatic nitrogens is 3. The molecular formula is C20H24N4O2S. The van der Waals surface area contributed by atoms with E-state index in [1.807, 2.05) is 29.5 Å². The van der Waals surface area contributed by atoms with Gasteiger partial charge in [0.05, 0.1) is 18.4 Å². The highest BCUT2D eigenvalue weighted by Crippen LogP contribution is 2.28. The summed E-state index contributed by atoms with van der Waals surface area (Å²) in [6.07, 6.45) is 5.89. The monoisotopic (exact) mass is 384 g/mol. The number of carbonyl (C=O) groups is 1. The van der Waals surface area contributed by atoms with Crippen molar-refractivity contribution in [2.75, 3.05) is 12.9 Å². The maximum atomic E-state index is 12.4. The fraction of sp³-hybridized carbons (Fsp3) is 0.450. The Kier molecular flexibility index (Phi) is 5.20. The van der Waals surface area contributed by atoms with Gasteiger partial charge in [-0.25, -0.2) is 0 Å². The second-order valence-electron chi connectivity index (χ2n) is 7.08. The van der Waals surface area contributed by atoms with Crippen molar-refractivity contribution in [3.05, 3.63) is 29.8 Å². The highest BCUT2D eigenvalue weighted by molar-refractivity contribution is 7.99. The van der Waals surface area contributed by atoms with E-state index in [-0.39, 0.29) is 5.91 Å². The Balaban J connectivity index is 1.57. The number of nitrogens with one attached hydrogen (secondary N) is 1. The number of benzene rings is 1. The van der Waals surface area contributed by atoms with Gasteiger partial charge in [0.2, 0.25) is 5.91 Å². The molecule has 0 atom stereocenters. The van der Waals surface area contributed by atoms with Crippen LogP contribution in [-0.4, -0.2) is 39.4 Å². The maximum Gasteiger partial charge on any atom is 0.230 e. The number of amides is 1. The summed E-state index contributed by atoms with van der Waals surface area (Å²) in [5.74, 6) is 1.24. The molecule has 4 rings (SSSR count). The zero-order valence-electron chi connectivity index (χ0n) is 15.7. The van der Waals surface area contributed by atoms with Gasteiger partial charge < -0.3 is 10.1 Å². The first kappa shape index (κ1) is 18.1. The van der Waals surface area contributed by atoms with E-state index in [0.717, 1.165) is 45.9 Å². The standard InChI is InChI=1S/C20H24N4O2S/c1-13-10-14-11-16(26-2)8-9-17(14)24-19(13)22-23-20(24)27-12-18(25)21-15-6-4-3-5-7-15/h8-11,15H,3-7,12H2,1-2H3,(H,21,25). The summed E-state index contributed by atoms with van der Waals surface area (Å²) in [7, 11) is 1.66. The highest BCUT2D eigenvalue weighted by Gasteiger charge is 2.18. The Morgan fingerprint density at radius 2 is 2.07 bits per heavy atom. The molecule has 3 aromatic rings. The molecule has 1 aliphatic carbocycles. The van der Waals surface area contributed by atoms with E-state index in [9.17, 15) is 4.79 Å². The molecule has 0 spiro atoms. The van der Waals surface area contributed by atoms with Crippen LogP contribution >= 0.6 is 11.8 Å². The van der Waals surface area contributed by atoms with Crippen molar-refractivity contribution in [2.45, 2.75) is 50.2 Å². The number of hydrogen-bond acceptors (Lipinski definition) is 5. The molecule has 0 aliphatic heterocycles. The SMILES string of the molecule is COc1ccc2c(c1)cc(C)c1nnc(SCC(=O)NC3CCCCC3)n12. The highest BCUT2D eigenvalue weighted by atomic mass is 32.2. The van der Waals surface area contributed by atoms with Gasteiger partial charge >= 0.3 is 0 Å². The minimum Gasteiger partial charge on any atom is -0.497 e. The molecule has 2 heterocycles. The molecule has 0 bridgehead atoms. The number of fused-ring (bicyclic) bond motifs is 3. The minimum absolute atomic E-state index is 0.0716. The van der Waals surface area contributed by atoms with E-state index >= 15 is 0 Å². The van der Waals surface area contributed by atoms with Crippen molar-refractivity contribution < 1.29 is 9.53 Å². The Morgan fingerprint density at radius 1 is 1.26 bits per heavy atom. The van der Waals surface area contributed by atoms with Gasteiger partial charge in [0.1, 0.15) is 5.75 Å². The number of carbonyl (C=O) groups excluding carboxylic acids is 1. The second-order valence-corrected chi connectivity index (χ2v) is 8.03. The predicted octanol–water partition coefficient (Wildman–Crippen LogP) is 3.74. The number of thioether (sulfide) groups is 1. The number of pyridine rings is 1. The number of hydrogen-bond donors (Lipinski definition) is 1. The molecule has 142 valence electrons. The number of methoxy groups -OCH3 is 1. The topological polar surface area (TPSA) is 68.5 Å². The lowest BCUT2D eigenvalue weighted by molar-refractivity contribution is -0.119. The fourth-order valence-corrected chi connectivity index (χ4v) is 4.51. The van der Waals surface area contributed by atoms with Gasteiger partial charge in [0, 0.05) is 11.4 Å². The first-order chi connectivity index (χ1) is 13.2. The number of nitrogens with zero attached hydrogens (tertiary/aromatic N) is 3. The summed E-state index contributed by atoms with van der Waals surface area (Å²) in [6.45, 7) is 2.02. The van der Waals surface area contributed by atoms with Crippen LogP contribution in [0.4, 0.5) is 0 Å². The van der Waals surface area contributed by atoms with E-state index in [0.29, 0.717) is 11.8 Å². The van der Waals surface area contributed by atoms with E-state index in [1.165, 1.54) is 31.0 Å². The van der Waals surface area contributed by atoms with Gasteiger partial charge in [-0.2, -0.15) is 0 Å². The van der Waals surface area contributed by atoms with Crippen LogP contribution in [0, 0.1) is 6.92 Å². The van der Waals surface area contributed by atoms with Crippen LogP contribution in [0.2, 0.25) is 0 Å². The molecule has 0 radical (unpaired) electrons. The molecule has 2 aromatic heterocycles. The molecule has 0 saturated heterocycles. The molecule has 0 unspecified atom stereocenters. The summed E-state index contributed by atoms with van der Waals surface area (Å²) in [6, 6.07) is 8.37. The molecule has 1 amide bonds. The van der Waals surface area contributed by atoms with E-state index < -0.39 is 0 Å². The normalized spacial score (nSPS) is 15.3. The molecule has 6 nitrogen and oxygen atoms in total. The Hall–Kier alpha value is -2.28. The average molecular weight is 385 g/mol. The lowest BCUT2D eigenvalue weighted by atomic mass is 9.95. The third-order valence-corrected chi connectivity index (χ3v) is 6.07. The van der Waals surface area contributed by atoms with Crippen LogP contribution in [0.15, 0.2) is 29.4 Å². The third kappa shape index (κ3) is 3.74. The lowest BCUT2D eigenvalue weighted by Gasteiger charge is -2.22. The van der Waals surface area contributed by atoms with Crippen LogP contribution in [0.25, 0.3) is 16.6 Å². The van der Waals surface area contributed by atoms with Crippen LogP contribution in [-0.2, 0) is 4.79 Å². The van der Waals surface area contributed by atoms with Crippen molar-refractivity contribution in [2.24, 2.45) is 0 Å². The van der Waals surface area contributed by atoms with E-state index in [1.54, 1.807) is 7.11 Å². The molecule has 7 heteroatoms. The van der Waals surface area contributed by atoms with Crippen molar-refractivity contribution >= 4 is 34.2 Å². The first-order valence-electron chi connectivity index (χ1n) is 9.40. The van der Waals surface area contributed by atoms with Crippen molar-refractivity contribution in [1.82, 2.24) is 19.9 Å². The summed E-state index contributed by atoms with van der Waals surface area (Å²) < 4.78 is 7.37. The van der Waals surface area contributed by atoms with Gasteiger partial charge in [0.15, 0.2) is 10.8 Å². The molecule has 27 heavy (non-hydrogen) atoms. The number of aryl methyl sites for hydroxylation is 1. The summed E-state index contributed by atoms with van der Waals surface area (Å²) in [5, 5.41) is 13.6. The third-order valence-electron chi connectivity index (χ3n) is 5.14. The second kappa shape index (κ2) is 7.76. The summed E-state index contributed by atoms with van der Waals surface area (Å²) in [5.41, 5.74) is 2.88. The fourth-order valence-electron chi connectivity index (χ4n) is 3.76. The van der Waals surface area contributed by atoms with E-state index in [2.05, 4.69) is 21.6 Å². The average Bonchev–Trinajstić information content (AvgIpc) is 3.12. The van der Waals surface area contributed by atoms with Crippen LogP contribution < -0.4 is 10.1 Å². The van der Waals surface area contributed by atoms with Gasteiger partial charge in [-0.1, -0.05) is 31.0 Å². The molecule has 1 aromatic carbocycles. The first-order valence-corrected chi connectivity index (χ1v) is 10.4. The largest absolute Gasteiger partial charge is 0.497 e. The minimum atomic E-state index is 0.0716. The molecule has 1 N–H and O–H groups in total.